The first kappa shape index (κ1) is 21.0. The van der Waals surface area contributed by atoms with Crippen LogP contribution < -0.4 is 16.1 Å². The quantitative estimate of drug-likeness (QED) is 0.317. The number of carbonyl (C=O) groups excluding carboxylic acids is 2. The molecule has 8 heteroatoms. The van der Waals surface area contributed by atoms with Crippen molar-refractivity contribution in [3.63, 3.8) is 0 Å². The maximum Gasteiger partial charge on any atom is 0.329 e. The van der Waals surface area contributed by atoms with Gasteiger partial charge in [-0.25, -0.2) is 9.82 Å². The molecule has 0 aromatic heterocycles. The van der Waals surface area contributed by atoms with Gasteiger partial charge in [0.2, 0.25) is 0 Å². The van der Waals surface area contributed by atoms with Gasteiger partial charge in [-0.3, -0.25) is 9.59 Å². The SMILES string of the molecule is Cc1cccc(NC(=O)C(=O)N/N=C\c2cc(Cl)ccc2Nc2ccccc2F)c1. The number of benzene rings is 3. The van der Waals surface area contributed by atoms with Crippen LogP contribution in [-0.4, -0.2) is 18.0 Å². The molecule has 0 fully saturated rings. The second kappa shape index (κ2) is 9.67. The van der Waals surface area contributed by atoms with Crippen LogP contribution in [0.2, 0.25) is 5.02 Å². The lowest BCUT2D eigenvalue weighted by Gasteiger charge is -2.10. The monoisotopic (exact) mass is 424 g/mol. The number of anilines is 3. The van der Waals surface area contributed by atoms with E-state index in [1.54, 1.807) is 54.6 Å². The van der Waals surface area contributed by atoms with Crippen LogP contribution >= 0.6 is 11.6 Å². The van der Waals surface area contributed by atoms with Crippen LogP contribution in [0.4, 0.5) is 21.5 Å². The Bertz CT molecular complexity index is 1120. The normalized spacial score (nSPS) is 10.6. The van der Waals surface area contributed by atoms with Crippen LogP contribution in [0.1, 0.15) is 11.1 Å². The first-order chi connectivity index (χ1) is 14.4. The molecule has 0 bridgehead atoms. The lowest BCUT2D eigenvalue weighted by atomic mass is 10.2. The summed E-state index contributed by atoms with van der Waals surface area (Å²) in [5, 5.41) is 9.68. The molecule has 3 rings (SSSR count). The molecule has 3 N–H and O–H groups in total. The number of nitrogens with zero attached hydrogens (tertiary/aromatic N) is 1. The number of nitrogens with one attached hydrogen (secondary N) is 3. The summed E-state index contributed by atoms with van der Waals surface area (Å²) >= 11 is 6.03. The number of rotatable bonds is 5. The molecule has 0 aliphatic heterocycles. The van der Waals surface area contributed by atoms with E-state index in [0.717, 1.165) is 5.56 Å². The van der Waals surface area contributed by atoms with Gasteiger partial charge in [-0.15, -0.1) is 0 Å². The summed E-state index contributed by atoms with van der Waals surface area (Å²) in [6, 6.07) is 18.1. The Kier molecular flexibility index (Phi) is 6.77. The fourth-order valence-electron chi connectivity index (χ4n) is 2.58. The largest absolute Gasteiger partial charge is 0.353 e. The number of aryl methyl sites for hydroxylation is 1. The van der Waals surface area contributed by atoms with Gasteiger partial charge >= 0.3 is 11.8 Å². The van der Waals surface area contributed by atoms with Crippen molar-refractivity contribution in [2.75, 3.05) is 10.6 Å². The predicted octanol–water partition coefficient (Wildman–Crippen LogP) is 4.62. The first-order valence-electron chi connectivity index (χ1n) is 8.94. The van der Waals surface area contributed by atoms with Crippen molar-refractivity contribution in [3.05, 3.63) is 88.7 Å². The molecule has 6 nitrogen and oxygen atoms in total. The van der Waals surface area contributed by atoms with Gasteiger partial charge in [0, 0.05) is 22.0 Å². The predicted molar refractivity (Wildman–Crippen MR) is 117 cm³/mol. The van der Waals surface area contributed by atoms with Crippen LogP contribution in [-0.2, 0) is 9.59 Å². The minimum atomic E-state index is -0.932. The maximum atomic E-state index is 13.9. The van der Waals surface area contributed by atoms with Crippen molar-refractivity contribution >= 4 is 46.7 Å². The van der Waals surface area contributed by atoms with Crippen molar-refractivity contribution in [3.8, 4) is 0 Å². The molecule has 0 atom stereocenters. The fourth-order valence-corrected chi connectivity index (χ4v) is 2.76. The number of hydrogen-bond donors (Lipinski definition) is 3. The topological polar surface area (TPSA) is 82.6 Å². The average Bonchev–Trinajstić information content (AvgIpc) is 2.71. The molecule has 30 heavy (non-hydrogen) atoms. The molecule has 0 unspecified atom stereocenters. The summed E-state index contributed by atoms with van der Waals surface area (Å²) in [5.74, 6) is -2.21. The highest BCUT2D eigenvalue weighted by Crippen LogP contribution is 2.24. The van der Waals surface area contributed by atoms with Gasteiger partial charge in [0.15, 0.2) is 0 Å². The Morgan fingerprint density at radius 3 is 2.53 bits per heavy atom. The molecule has 0 aliphatic carbocycles. The van der Waals surface area contributed by atoms with Crippen LogP contribution in [0.5, 0.6) is 0 Å². The van der Waals surface area contributed by atoms with Gasteiger partial charge in [0.25, 0.3) is 0 Å². The van der Waals surface area contributed by atoms with Gasteiger partial charge in [0.05, 0.1) is 11.9 Å². The van der Waals surface area contributed by atoms with Crippen LogP contribution in [0.15, 0.2) is 71.8 Å². The van der Waals surface area contributed by atoms with Gasteiger partial charge in [-0.05, 0) is 55.0 Å². The standard InChI is InChI=1S/C22H18ClFN4O2/c1-14-5-4-6-17(11-14)26-21(29)22(30)28-25-13-15-12-16(23)9-10-19(15)27-20-8-3-2-7-18(20)24/h2-13,27H,1H3,(H,26,29)(H,28,30)/b25-13-. The number of hydrogen-bond acceptors (Lipinski definition) is 4. The van der Waals surface area contributed by atoms with E-state index < -0.39 is 17.6 Å². The summed E-state index contributed by atoms with van der Waals surface area (Å²) in [6.45, 7) is 1.87. The number of para-hydroxylation sites is 1. The van der Waals surface area contributed by atoms with E-state index in [1.807, 2.05) is 13.0 Å². The molecular formula is C22H18ClFN4O2. The van der Waals surface area contributed by atoms with Gasteiger partial charge in [-0.2, -0.15) is 5.10 Å². The molecule has 0 saturated heterocycles. The second-order valence-corrected chi connectivity index (χ2v) is 6.80. The molecule has 0 heterocycles. The fraction of sp³-hybridized carbons (Fsp3) is 0.0455. The Balaban J connectivity index is 1.68. The summed E-state index contributed by atoms with van der Waals surface area (Å²) in [5.41, 5.74) is 4.90. The molecule has 3 aromatic rings. The van der Waals surface area contributed by atoms with Gasteiger partial charge < -0.3 is 10.6 Å². The number of amides is 2. The third-order valence-electron chi connectivity index (χ3n) is 4.01. The number of halogens is 2. The molecule has 3 aromatic carbocycles. The molecular weight excluding hydrogens is 407 g/mol. The van der Waals surface area contributed by atoms with Gasteiger partial charge in [0.1, 0.15) is 5.82 Å². The lowest BCUT2D eigenvalue weighted by Crippen LogP contribution is -2.32. The van der Waals surface area contributed by atoms with E-state index in [0.29, 0.717) is 22.0 Å². The summed E-state index contributed by atoms with van der Waals surface area (Å²) in [4.78, 5) is 24.0. The van der Waals surface area contributed by atoms with E-state index >= 15 is 0 Å². The number of hydrazone groups is 1. The Morgan fingerprint density at radius 2 is 1.77 bits per heavy atom. The molecule has 0 radical (unpaired) electrons. The highest BCUT2D eigenvalue weighted by atomic mass is 35.5. The van der Waals surface area contributed by atoms with Crippen molar-refractivity contribution in [2.24, 2.45) is 5.10 Å². The lowest BCUT2D eigenvalue weighted by molar-refractivity contribution is -0.136. The molecule has 0 aliphatic rings. The smallest absolute Gasteiger partial charge is 0.329 e. The molecule has 0 saturated carbocycles. The third-order valence-corrected chi connectivity index (χ3v) is 4.24. The summed E-state index contributed by atoms with van der Waals surface area (Å²) < 4.78 is 13.9. The van der Waals surface area contributed by atoms with Crippen LogP contribution in [0, 0.1) is 12.7 Å². The zero-order valence-electron chi connectivity index (χ0n) is 15.9. The first-order valence-corrected chi connectivity index (χ1v) is 9.32. The number of carbonyl (C=O) groups is 2. The van der Waals surface area contributed by atoms with Crippen molar-refractivity contribution in [1.29, 1.82) is 0 Å². The van der Waals surface area contributed by atoms with Crippen LogP contribution in [0.3, 0.4) is 0 Å². The highest BCUT2D eigenvalue weighted by Gasteiger charge is 2.13. The molecule has 0 spiro atoms. The Labute approximate surface area is 177 Å². The zero-order valence-corrected chi connectivity index (χ0v) is 16.7. The van der Waals surface area contributed by atoms with Crippen molar-refractivity contribution in [1.82, 2.24) is 5.43 Å². The average molecular weight is 425 g/mol. The van der Waals surface area contributed by atoms with E-state index in [-0.39, 0.29) is 5.69 Å². The molecule has 2 amide bonds. The Hall–Kier alpha value is -3.71. The van der Waals surface area contributed by atoms with E-state index in [9.17, 15) is 14.0 Å². The summed E-state index contributed by atoms with van der Waals surface area (Å²) in [6.07, 6.45) is 1.31. The van der Waals surface area contributed by atoms with E-state index in [2.05, 4.69) is 21.2 Å². The highest BCUT2D eigenvalue weighted by molar-refractivity contribution is 6.39. The van der Waals surface area contributed by atoms with E-state index in [4.69, 9.17) is 11.6 Å². The maximum absolute atomic E-state index is 13.9. The Morgan fingerprint density at radius 1 is 0.967 bits per heavy atom. The second-order valence-electron chi connectivity index (χ2n) is 6.36. The minimum absolute atomic E-state index is 0.274. The summed E-state index contributed by atoms with van der Waals surface area (Å²) in [7, 11) is 0. The van der Waals surface area contributed by atoms with Gasteiger partial charge in [-0.1, -0.05) is 35.9 Å². The third kappa shape index (κ3) is 5.65. The molecule has 152 valence electrons. The van der Waals surface area contributed by atoms with E-state index in [1.165, 1.54) is 12.3 Å². The zero-order chi connectivity index (χ0) is 21.5. The van der Waals surface area contributed by atoms with Crippen molar-refractivity contribution in [2.45, 2.75) is 6.92 Å². The van der Waals surface area contributed by atoms with Crippen molar-refractivity contribution < 1.29 is 14.0 Å². The minimum Gasteiger partial charge on any atom is -0.353 e. The van der Waals surface area contributed by atoms with Crippen LogP contribution in [0.25, 0.3) is 0 Å².